The van der Waals surface area contributed by atoms with Crippen molar-refractivity contribution >= 4 is 17.6 Å². The molecule has 31 heavy (non-hydrogen) atoms. The highest BCUT2D eigenvalue weighted by molar-refractivity contribution is 5.99. The summed E-state index contributed by atoms with van der Waals surface area (Å²) in [5, 5.41) is 2.82. The Morgan fingerprint density at radius 1 is 0.935 bits per heavy atom. The number of nitrogens with zero attached hydrogens (tertiary/aromatic N) is 2. The Balaban J connectivity index is 1.52. The van der Waals surface area contributed by atoms with E-state index in [1.165, 1.54) is 0 Å². The fourth-order valence-corrected chi connectivity index (χ4v) is 4.11. The first-order chi connectivity index (χ1) is 15.1. The van der Waals surface area contributed by atoms with E-state index in [1.54, 1.807) is 4.90 Å². The van der Waals surface area contributed by atoms with E-state index in [4.69, 9.17) is 4.74 Å². The summed E-state index contributed by atoms with van der Waals surface area (Å²) in [4.78, 5) is 29.3. The number of carbonyl (C=O) groups is 2. The number of hydrogen-bond acceptors (Lipinski definition) is 3. The summed E-state index contributed by atoms with van der Waals surface area (Å²) in [7, 11) is 0. The van der Waals surface area contributed by atoms with E-state index in [2.05, 4.69) is 5.32 Å². The normalized spacial score (nSPS) is 15.3. The van der Waals surface area contributed by atoms with Gasteiger partial charge in [0, 0.05) is 35.5 Å². The van der Waals surface area contributed by atoms with E-state index in [9.17, 15) is 9.59 Å². The van der Waals surface area contributed by atoms with E-state index in [1.807, 2.05) is 78.6 Å². The Morgan fingerprint density at radius 3 is 2.19 bits per heavy atom. The number of aryl methyl sites for hydroxylation is 1. The third kappa shape index (κ3) is 3.61. The molecule has 2 heterocycles. The van der Waals surface area contributed by atoms with Gasteiger partial charge in [-0.25, -0.2) is 4.79 Å². The van der Waals surface area contributed by atoms with Gasteiger partial charge in [0.15, 0.2) is 0 Å². The molecular formula is C25H23N3O3. The van der Waals surface area contributed by atoms with Gasteiger partial charge in [-0.2, -0.15) is 0 Å². The van der Waals surface area contributed by atoms with Gasteiger partial charge in [-0.1, -0.05) is 42.5 Å². The molecule has 1 N–H and O–H groups in total. The smallest absolute Gasteiger partial charge is 0.322 e. The molecule has 2 aliphatic heterocycles. The van der Waals surface area contributed by atoms with Crippen molar-refractivity contribution in [2.75, 3.05) is 18.0 Å². The average Bonchev–Trinajstić information content (AvgIpc) is 3.19. The van der Waals surface area contributed by atoms with Crippen molar-refractivity contribution in [2.24, 2.45) is 0 Å². The molecule has 0 unspecified atom stereocenters. The molecule has 2 aliphatic rings. The number of nitrogens with one attached hydrogen (secondary N) is 1. The van der Waals surface area contributed by atoms with Gasteiger partial charge in [0.1, 0.15) is 11.5 Å². The van der Waals surface area contributed by atoms with E-state index in [0.29, 0.717) is 31.7 Å². The lowest BCUT2D eigenvalue weighted by Crippen LogP contribution is -2.32. The van der Waals surface area contributed by atoms with E-state index in [-0.39, 0.29) is 11.9 Å². The molecule has 156 valence electrons. The topological polar surface area (TPSA) is 61.9 Å². The third-order valence-electron chi connectivity index (χ3n) is 5.78. The molecule has 0 saturated carbocycles. The molecule has 0 radical (unpaired) electrons. The molecule has 6 nitrogen and oxygen atoms in total. The first kappa shape index (κ1) is 19.2. The lowest BCUT2D eigenvalue weighted by Gasteiger charge is -2.28. The summed E-state index contributed by atoms with van der Waals surface area (Å²) in [5.41, 5.74) is 4.22. The van der Waals surface area contributed by atoms with Crippen LogP contribution in [0, 0.1) is 6.92 Å². The third-order valence-corrected chi connectivity index (χ3v) is 5.78. The predicted octanol–water partition coefficient (Wildman–Crippen LogP) is 4.47. The first-order valence-corrected chi connectivity index (χ1v) is 10.4. The predicted molar refractivity (Wildman–Crippen MR) is 118 cm³/mol. The van der Waals surface area contributed by atoms with Crippen LogP contribution in [0.5, 0.6) is 11.5 Å². The lowest BCUT2D eigenvalue weighted by molar-refractivity contribution is 0.0725. The number of fused-ring (bicyclic) bond motifs is 2. The zero-order valence-corrected chi connectivity index (χ0v) is 17.3. The van der Waals surface area contributed by atoms with Crippen molar-refractivity contribution in [3.05, 3.63) is 89.0 Å². The SMILES string of the molecule is Cc1ccc(C(=O)N2Cc3ccccc3Oc3ccccc3C2)cc1N1CCNC1=O. The maximum Gasteiger partial charge on any atom is 0.322 e. The van der Waals surface area contributed by atoms with Crippen molar-refractivity contribution in [1.29, 1.82) is 0 Å². The minimum absolute atomic E-state index is 0.0765. The van der Waals surface area contributed by atoms with Gasteiger partial charge in [0.2, 0.25) is 0 Å². The highest BCUT2D eigenvalue weighted by Gasteiger charge is 2.26. The molecule has 0 aliphatic carbocycles. The second-order valence-corrected chi connectivity index (χ2v) is 7.86. The Kier molecular flexibility index (Phi) is 4.82. The van der Waals surface area contributed by atoms with Crippen molar-refractivity contribution in [2.45, 2.75) is 20.0 Å². The molecule has 0 bridgehead atoms. The molecule has 0 atom stereocenters. The van der Waals surface area contributed by atoms with Crippen LogP contribution in [0.1, 0.15) is 27.0 Å². The van der Waals surface area contributed by atoms with Crippen LogP contribution >= 0.6 is 0 Å². The Bertz CT molecular complexity index is 1130. The van der Waals surface area contributed by atoms with Gasteiger partial charge in [-0.05, 0) is 36.8 Å². The molecule has 0 spiro atoms. The minimum Gasteiger partial charge on any atom is -0.457 e. The summed E-state index contributed by atoms with van der Waals surface area (Å²) in [6.45, 7) is 4.04. The monoisotopic (exact) mass is 413 g/mol. The van der Waals surface area contributed by atoms with Crippen molar-refractivity contribution in [1.82, 2.24) is 10.2 Å². The number of rotatable bonds is 2. The molecule has 3 aromatic rings. The first-order valence-electron chi connectivity index (χ1n) is 10.4. The molecule has 6 heteroatoms. The van der Waals surface area contributed by atoms with Gasteiger partial charge < -0.3 is 15.0 Å². The zero-order chi connectivity index (χ0) is 21.4. The number of carbonyl (C=O) groups excluding carboxylic acids is 2. The average molecular weight is 413 g/mol. The quantitative estimate of drug-likeness (QED) is 0.674. The molecular weight excluding hydrogens is 390 g/mol. The maximum absolute atomic E-state index is 13.6. The Labute approximate surface area is 181 Å². The van der Waals surface area contributed by atoms with Crippen molar-refractivity contribution < 1.29 is 14.3 Å². The van der Waals surface area contributed by atoms with Crippen LogP contribution in [-0.2, 0) is 13.1 Å². The number of ether oxygens (including phenoxy) is 1. The summed E-state index contributed by atoms with van der Waals surface area (Å²) in [6.07, 6.45) is 0. The summed E-state index contributed by atoms with van der Waals surface area (Å²) >= 11 is 0. The second-order valence-electron chi connectivity index (χ2n) is 7.86. The maximum atomic E-state index is 13.6. The summed E-state index contributed by atoms with van der Waals surface area (Å²) in [5.74, 6) is 1.43. The molecule has 3 aromatic carbocycles. The van der Waals surface area contributed by atoms with Crippen LogP contribution in [0.15, 0.2) is 66.7 Å². The standard InChI is InChI=1S/C25H23N3O3/c1-17-10-11-18(14-21(17)28-13-12-26-25(28)30)24(29)27-15-19-6-2-4-8-22(19)31-23-9-5-3-7-20(23)16-27/h2-11,14H,12-13,15-16H2,1H3,(H,26,30). The highest BCUT2D eigenvalue weighted by Crippen LogP contribution is 2.33. The molecule has 3 amide bonds. The number of hydrogen-bond donors (Lipinski definition) is 1. The summed E-state index contributed by atoms with van der Waals surface area (Å²) in [6, 6.07) is 21.0. The lowest BCUT2D eigenvalue weighted by atomic mass is 10.1. The fourth-order valence-electron chi connectivity index (χ4n) is 4.11. The fraction of sp³-hybridized carbons (Fsp3) is 0.200. The van der Waals surface area contributed by atoms with Gasteiger partial charge in [0.25, 0.3) is 5.91 Å². The molecule has 0 aromatic heterocycles. The Hall–Kier alpha value is -3.80. The minimum atomic E-state index is -0.126. The number of benzene rings is 3. The molecule has 5 rings (SSSR count). The second kappa shape index (κ2) is 7.80. The van der Waals surface area contributed by atoms with Gasteiger partial charge in [0.05, 0.1) is 13.1 Å². The van der Waals surface area contributed by atoms with Crippen molar-refractivity contribution in [3.63, 3.8) is 0 Å². The number of para-hydroxylation sites is 2. The van der Waals surface area contributed by atoms with Crippen LogP contribution in [0.2, 0.25) is 0 Å². The van der Waals surface area contributed by atoms with Crippen LogP contribution in [0.3, 0.4) is 0 Å². The van der Waals surface area contributed by atoms with Crippen molar-refractivity contribution in [3.8, 4) is 11.5 Å². The van der Waals surface area contributed by atoms with Crippen LogP contribution in [0.4, 0.5) is 10.5 Å². The van der Waals surface area contributed by atoms with E-state index >= 15 is 0 Å². The van der Waals surface area contributed by atoms with Gasteiger partial charge in [-0.15, -0.1) is 0 Å². The van der Waals surface area contributed by atoms with Crippen LogP contribution < -0.4 is 15.0 Å². The number of amides is 3. The highest BCUT2D eigenvalue weighted by atomic mass is 16.5. The number of anilines is 1. The Morgan fingerprint density at radius 2 is 1.58 bits per heavy atom. The number of urea groups is 1. The summed E-state index contributed by atoms with van der Waals surface area (Å²) < 4.78 is 6.14. The van der Waals surface area contributed by atoms with Gasteiger partial charge >= 0.3 is 6.03 Å². The van der Waals surface area contributed by atoms with Gasteiger partial charge in [-0.3, -0.25) is 9.69 Å². The zero-order valence-electron chi connectivity index (χ0n) is 17.3. The molecule has 1 saturated heterocycles. The van der Waals surface area contributed by atoms with E-state index in [0.717, 1.165) is 33.9 Å². The van der Waals surface area contributed by atoms with E-state index < -0.39 is 0 Å². The molecule has 1 fully saturated rings. The van der Waals surface area contributed by atoms with Crippen LogP contribution in [-0.4, -0.2) is 29.9 Å². The largest absolute Gasteiger partial charge is 0.457 e. The van der Waals surface area contributed by atoms with Crippen LogP contribution in [0.25, 0.3) is 0 Å².